The fourth-order valence-corrected chi connectivity index (χ4v) is 2.86. The third-order valence-corrected chi connectivity index (χ3v) is 3.59. The number of fused-ring (bicyclic) bond motifs is 1. The van der Waals surface area contributed by atoms with Crippen LogP contribution in [0, 0.1) is 0 Å². The molecule has 0 aliphatic rings. The van der Waals surface area contributed by atoms with E-state index in [9.17, 15) is 0 Å². The van der Waals surface area contributed by atoms with Gasteiger partial charge in [0.05, 0.1) is 12.3 Å². The normalized spacial score (nSPS) is 11.0. The molecule has 4 heteroatoms. The Labute approximate surface area is 90.9 Å². The molecule has 0 aliphatic heterocycles. The smallest absolute Gasteiger partial charge is 0.0688 e. The van der Waals surface area contributed by atoms with Gasteiger partial charge in [-0.15, -0.1) is 22.9 Å². The molecule has 0 saturated carbocycles. The summed E-state index contributed by atoms with van der Waals surface area (Å²) >= 11 is 7.39. The largest absolute Gasteiger partial charge is 0.398 e. The zero-order chi connectivity index (χ0) is 10.1. The van der Waals surface area contributed by atoms with E-state index in [1.54, 1.807) is 11.3 Å². The fourth-order valence-electron chi connectivity index (χ4n) is 1.54. The van der Waals surface area contributed by atoms with Gasteiger partial charge in [-0.1, -0.05) is 12.1 Å². The maximum Gasteiger partial charge on any atom is 0.0688 e. The van der Waals surface area contributed by atoms with Crippen LogP contribution in [0.2, 0.25) is 0 Å². The van der Waals surface area contributed by atoms with Gasteiger partial charge in [-0.05, 0) is 11.1 Å². The molecule has 1 aromatic carbocycles. The number of hydrogen-bond acceptors (Lipinski definition) is 3. The Hall–Kier alpha value is -0.770. The Bertz CT molecular complexity index is 466. The molecule has 0 saturated heterocycles. The summed E-state index contributed by atoms with van der Waals surface area (Å²) in [5.41, 5.74) is 8.49. The molecule has 0 bridgehead atoms. The summed E-state index contributed by atoms with van der Waals surface area (Å²) in [5, 5.41) is 12.0. The zero-order valence-electron chi connectivity index (χ0n) is 7.46. The highest BCUT2D eigenvalue weighted by atomic mass is 35.5. The van der Waals surface area contributed by atoms with Crippen molar-refractivity contribution < 1.29 is 5.11 Å². The second kappa shape index (κ2) is 3.77. The van der Waals surface area contributed by atoms with E-state index in [4.69, 9.17) is 22.4 Å². The number of hydrogen-bond donors (Lipinski definition) is 2. The molecule has 1 heterocycles. The molecule has 2 rings (SSSR count). The maximum absolute atomic E-state index is 9.16. The number of rotatable bonds is 2. The molecule has 0 radical (unpaired) electrons. The van der Waals surface area contributed by atoms with Gasteiger partial charge in [-0.25, -0.2) is 0 Å². The van der Waals surface area contributed by atoms with Crippen molar-refractivity contribution in [2.24, 2.45) is 0 Å². The first kappa shape index (κ1) is 9.77. The van der Waals surface area contributed by atoms with Gasteiger partial charge in [0.15, 0.2) is 0 Å². The highest BCUT2D eigenvalue weighted by molar-refractivity contribution is 7.18. The van der Waals surface area contributed by atoms with Crippen LogP contribution in [-0.4, -0.2) is 5.11 Å². The molecule has 0 spiro atoms. The van der Waals surface area contributed by atoms with E-state index < -0.39 is 0 Å². The van der Waals surface area contributed by atoms with Crippen molar-refractivity contribution in [1.29, 1.82) is 0 Å². The number of nitrogen functional groups attached to an aromatic ring is 1. The van der Waals surface area contributed by atoms with Gasteiger partial charge in [0.25, 0.3) is 0 Å². The van der Waals surface area contributed by atoms with Crippen LogP contribution in [-0.2, 0) is 12.5 Å². The van der Waals surface area contributed by atoms with E-state index in [2.05, 4.69) is 0 Å². The van der Waals surface area contributed by atoms with Crippen molar-refractivity contribution in [3.63, 3.8) is 0 Å². The van der Waals surface area contributed by atoms with Gasteiger partial charge in [-0.3, -0.25) is 0 Å². The monoisotopic (exact) mass is 227 g/mol. The summed E-state index contributed by atoms with van der Waals surface area (Å²) in [5.74, 6) is 0.474. The Morgan fingerprint density at radius 2 is 2.07 bits per heavy atom. The summed E-state index contributed by atoms with van der Waals surface area (Å²) in [4.78, 5) is 0. The molecular weight excluding hydrogens is 218 g/mol. The molecule has 0 atom stereocenters. The first-order valence-corrected chi connectivity index (χ1v) is 5.63. The second-order valence-electron chi connectivity index (χ2n) is 3.07. The fraction of sp³-hybridized carbons (Fsp3) is 0.200. The molecule has 74 valence electrons. The number of aliphatic hydroxyl groups excluding tert-OH is 1. The van der Waals surface area contributed by atoms with Crippen molar-refractivity contribution in [2.45, 2.75) is 12.5 Å². The molecule has 2 nitrogen and oxygen atoms in total. The summed E-state index contributed by atoms with van der Waals surface area (Å²) in [7, 11) is 0. The third kappa shape index (κ3) is 1.38. The average molecular weight is 228 g/mol. The van der Waals surface area contributed by atoms with E-state index >= 15 is 0 Å². The first-order chi connectivity index (χ1) is 6.77. The zero-order valence-corrected chi connectivity index (χ0v) is 9.03. The lowest BCUT2D eigenvalue weighted by Crippen LogP contribution is -1.90. The molecule has 0 amide bonds. The lowest BCUT2D eigenvalue weighted by atomic mass is 10.1. The van der Waals surface area contributed by atoms with Gasteiger partial charge in [0.1, 0.15) is 0 Å². The number of aliphatic hydroxyl groups is 1. The number of nitrogens with two attached hydrogens (primary N) is 1. The van der Waals surface area contributed by atoms with Crippen LogP contribution < -0.4 is 5.73 Å². The van der Waals surface area contributed by atoms with Crippen molar-refractivity contribution in [1.82, 2.24) is 0 Å². The average Bonchev–Trinajstić information content (AvgIpc) is 2.60. The van der Waals surface area contributed by atoms with Gasteiger partial charge >= 0.3 is 0 Å². The van der Waals surface area contributed by atoms with Crippen molar-refractivity contribution in [3.05, 3.63) is 28.6 Å². The number of alkyl halides is 1. The minimum Gasteiger partial charge on any atom is -0.398 e. The standard InChI is InChI=1S/C10H10ClNOS/c11-3-6-1-2-7(4-13)9-8(12)5-14-10(6)9/h1-2,5,13H,3-4,12H2. The second-order valence-corrected chi connectivity index (χ2v) is 4.22. The van der Waals surface area contributed by atoms with Crippen LogP contribution in [0.5, 0.6) is 0 Å². The molecular formula is C10H10ClNOS. The minimum atomic E-state index is 0.0139. The van der Waals surface area contributed by atoms with Crippen LogP contribution in [0.3, 0.4) is 0 Å². The summed E-state index contributed by atoms with van der Waals surface area (Å²) < 4.78 is 1.09. The van der Waals surface area contributed by atoms with E-state index in [-0.39, 0.29) is 6.61 Å². The van der Waals surface area contributed by atoms with E-state index in [1.807, 2.05) is 17.5 Å². The summed E-state index contributed by atoms with van der Waals surface area (Å²) in [6.07, 6.45) is 0. The Morgan fingerprint density at radius 3 is 2.71 bits per heavy atom. The van der Waals surface area contributed by atoms with Gasteiger partial charge < -0.3 is 10.8 Å². The highest BCUT2D eigenvalue weighted by Gasteiger charge is 2.09. The molecule has 3 N–H and O–H groups in total. The quantitative estimate of drug-likeness (QED) is 0.775. The molecule has 1 aromatic heterocycles. The lowest BCUT2D eigenvalue weighted by Gasteiger charge is -2.03. The van der Waals surface area contributed by atoms with Crippen LogP contribution in [0.25, 0.3) is 10.1 Å². The van der Waals surface area contributed by atoms with Gasteiger partial charge in [0, 0.05) is 21.3 Å². The van der Waals surface area contributed by atoms with Crippen molar-refractivity contribution in [3.8, 4) is 0 Å². The Balaban J connectivity index is 2.81. The molecule has 0 aliphatic carbocycles. The number of anilines is 1. The van der Waals surface area contributed by atoms with Crippen LogP contribution >= 0.6 is 22.9 Å². The van der Waals surface area contributed by atoms with Crippen LogP contribution in [0.4, 0.5) is 5.69 Å². The van der Waals surface area contributed by atoms with E-state index in [0.29, 0.717) is 5.88 Å². The first-order valence-electron chi connectivity index (χ1n) is 4.22. The highest BCUT2D eigenvalue weighted by Crippen LogP contribution is 2.34. The lowest BCUT2D eigenvalue weighted by molar-refractivity contribution is 0.283. The Kier molecular flexibility index (Phi) is 2.63. The van der Waals surface area contributed by atoms with Gasteiger partial charge in [-0.2, -0.15) is 0 Å². The Morgan fingerprint density at radius 1 is 1.36 bits per heavy atom. The predicted molar refractivity (Wildman–Crippen MR) is 61.7 cm³/mol. The molecule has 14 heavy (non-hydrogen) atoms. The van der Waals surface area contributed by atoms with E-state index in [1.165, 1.54) is 0 Å². The van der Waals surface area contributed by atoms with Crippen molar-refractivity contribution in [2.75, 3.05) is 5.73 Å². The minimum absolute atomic E-state index is 0.0139. The van der Waals surface area contributed by atoms with Gasteiger partial charge in [0.2, 0.25) is 0 Å². The molecule has 2 aromatic rings. The molecule has 0 unspecified atom stereocenters. The SMILES string of the molecule is Nc1csc2c(CCl)ccc(CO)c12. The van der Waals surface area contributed by atoms with Crippen molar-refractivity contribution >= 4 is 38.7 Å². The van der Waals surface area contributed by atoms with Crippen LogP contribution in [0.15, 0.2) is 17.5 Å². The topological polar surface area (TPSA) is 46.2 Å². The van der Waals surface area contributed by atoms with E-state index in [0.717, 1.165) is 26.9 Å². The van der Waals surface area contributed by atoms with Crippen LogP contribution in [0.1, 0.15) is 11.1 Å². The maximum atomic E-state index is 9.16. The summed E-state index contributed by atoms with van der Waals surface area (Å²) in [6, 6.07) is 3.82. The number of benzene rings is 1. The third-order valence-electron chi connectivity index (χ3n) is 2.23. The number of thiophene rings is 1. The summed E-state index contributed by atoms with van der Waals surface area (Å²) in [6.45, 7) is 0.0139. The molecule has 0 fully saturated rings. The predicted octanol–water partition coefficient (Wildman–Crippen LogP) is 2.71. The number of halogens is 1.